The Morgan fingerprint density at radius 2 is 1.61 bits per heavy atom. The largest absolute Gasteiger partial charge is 0.344 e. The van der Waals surface area contributed by atoms with Crippen molar-refractivity contribution in [3.05, 3.63) is 102 Å². The van der Waals surface area contributed by atoms with Crippen molar-refractivity contribution in [1.82, 2.24) is 15.2 Å². The fourth-order valence-electron chi connectivity index (χ4n) is 4.08. The molecule has 5 nitrogen and oxygen atoms in total. The summed E-state index contributed by atoms with van der Waals surface area (Å²) in [6.45, 7) is 0.555. The highest BCUT2D eigenvalue weighted by Crippen LogP contribution is 2.31. The number of rotatable bonds is 7. The highest BCUT2D eigenvalue weighted by molar-refractivity contribution is 6.09. The van der Waals surface area contributed by atoms with Crippen molar-refractivity contribution in [3.8, 4) is 17.3 Å². The second-order valence-electron chi connectivity index (χ2n) is 8.23. The number of fused-ring (bicyclic) bond motifs is 1. The molecule has 0 saturated carbocycles. The summed E-state index contributed by atoms with van der Waals surface area (Å²) < 4.78 is 0. The molecule has 0 spiro atoms. The minimum Gasteiger partial charge on any atom is -0.344 e. The van der Waals surface area contributed by atoms with Crippen molar-refractivity contribution < 1.29 is 4.79 Å². The molecule has 1 unspecified atom stereocenters. The smallest absolute Gasteiger partial charge is 0.252 e. The number of amides is 1. The predicted molar refractivity (Wildman–Crippen MR) is 131 cm³/mol. The van der Waals surface area contributed by atoms with E-state index in [1.165, 1.54) is 0 Å². The van der Waals surface area contributed by atoms with Crippen LogP contribution in [0.2, 0.25) is 0 Å². The molecule has 1 aromatic heterocycles. The molecule has 0 bridgehead atoms. The van der Waals surface area contributed by atoms with Gasteiger partial charge in [0.2, 0.25) is 0 Å². The summed E-state index contributed by atoms with van der Waals surface area (Å²) in [5.74, 6) is -0.202. The van der Waals surface area contributed by atoms with Gasteiger partial charge in [0.05, 0.1) is 35.3 Å². The molecular formula is C28H26N4O. The molecular weight excluding hydrogens is 408 g/mol. The maximum absolute atomic E-state index is 13.8. The number of aromatic nitrogens is 1. The van der Waals surface area contributed by atoms with Crippen molar-refractivity contribution in [3.63, 3.8) is 0 Å². The summed E-state index contributed by atoms with van der Waals surface area (Å²) in [4.78, 5) is 20.8. The van der Waals surface area contributed by atoms with E-state index in [1.54, 1.807) is 0 Å². The fourth-order valence-corrected chi connectivity index (χ4v) is 4.08. The number of para-hydroxylation sites is 1. The van der Waals surface area contributed by atoms with Crippen LogP contribution in [0.25, 0.3) is 22.2 Å². The Hall–Kier alpha value is -4.01. The summed E-state index contributed by atoms with van der Waals surface area (Å²) in [6, 6.07) is 29.1. The zero-order valence-corrected chi connectivity index (χ0v) is 18.8. The van der Waals surface area contributed by atoms with E-state index in [0.717, 1.165) is 33.3 Å². The van der Waals surface area contributed by atoms with Crippen LogP contribution < -0.4 is 5.32 Å². The van der Waals surface area contributed by atoms with Crippen molar-refractivity contribution >= 4 is 16.8 Å². The zero-order chi connectivity index (χ0) is 23.2. The van der Waals surface area contributed by atoms with Crippen molar-refractivity contribution in [1.29, 1.82) is 5.26 Å². The first-order valence-electron chi connectivity index (χ1n) is 10.9. The molecule has 3 aromatic carbocycles. The van der Waals surface area contributed by atoms with E-state index in [2.05, 4.69) is 11.4 Å². The van der Waals surface area contributed by atoms with Crippen LogP contribution in [0, 0.1) is 11.3 Å². The average molecular weight is 435 g/mol. The lowest BCUT2D eigenvalue weighted by atomic mass is 9.95. The molecule has 5 heteroatoms. The van der Waals surface area contributed by atoms with Crippen LogP contribution in [0.15, 0.2) is 84.9 Å². The lowest BCUT2D eigenvalue weighted by Crippen LogP contribution is -2.30. The lowest BCUT2D eigenvalue weighted by Gasteiger charge is -2.22. The van der Waals surface area contributed by atoms with Gasteiger partial charge in [-0.05, 0) is 25.7 Å². The van der Waals surface area contributed by atoms with Gasteiger partial charge in [0.25, 0.3) is 5.91 Å². The molecule has 164 valence electrons. The molecule has 0 radical (unpaired) electrons. The van der Waals surface area contributed by atoms with Gasteiger partial charge in [0, 0.05) is 23.1 Å². The Kier molecular flexibility index (Phi) is 6.77. The van der Waals surface area contributed by atoms with E-state index in [9.17, 15) is 10.1 Å². The molecule has 1 amide bonds. The highest BCUT2D eigenvalue weighted by Gasteiger charge is 2.24. The van der Waals surface area contributed by atoms with Crippen LogP contribution >= 0.6 is 0 Å². The summed E-state index contributed by atoms with van der Waals surface area (Å²) in [5, 5.41) is 13.3. The van der Waals surface area contributed by atoms with Gasteiger partial charge in [-0.1, -0.05) is 78.9 Å². The second-order valence-corrected chi connectivity index (χ2v) is 8.23. The Balaban J connectivity index is 1.89. The number of nitrogens with zero attached hydrogens (tertiary/aromatic N) is 3. The third-order valence-electron chi connectivity index (χ3n) is 5.54. The number of carbonyl (C=O) groups excluding carboxylic acids is 1. The van der Waals surface area contributed by atoms with Gasteiger partial charge in [-0.25, -0.2) is 4.98 Å². The van der Waals surface area contributed by atoms with E-state index >= 15 is 0 Å². The van der Waals surface area contributed by atoms with E-state index in [-0.39, 0.29) is 12.3 Å². The fraction of sp³-hybridized carbons (Fsp3) is 0.179. The first kappa shape index (κ1) is 22.2. The summed E-state index contributed by atoms with van der Waals surface area (Å²) >= 11 is 0. The van der Waals surface area contributed by atoms with Crippen molar-refractivity contribution in [2.45, 2.75) is 19.0 Å². The summed E-state index contributed by atoms with van der Waals surface area (Å²) in [5.41, 5.74) is 4.90. The van der Waals surface area contributed by atoms with Crippen LogP contribution in [0.3, 0.4) is 0 Å². The number of nitriles is 1. The SMILES string of the molecule is CN(C)Cc1c(-c2ccccc2)nc2ccccc2c1C(=O)NC(CC#N)c1ccccc1. The van der Waals surface area contributed by atoms with Gasteiger partial charge >= 0.3 is 0 Å². The van der Waals surface area contributed by atoms with Crippen molar-refractivity contribution in [2.75, 3.05) is 14.1 Å². The highest BCUT2D eigenvalue weighted by atomic mass is 16.1. The molecule has 33 heavy (non-hydrogen) atoms. The summed E-state index contributed by atoms with van der Waals surface area (Å²) in [7, 11) is 3.96. The maximum atomic E-state index is 13.8. The monoisotopic (exact) mass is 434 g/mol. The van der Waals surface area contributed by atoms with Gasteiger partial charge < -0.3 is 10.2 Å². The van der Waals surface area contributed by atoms with Crippen LogP contribution in [-0.2, 0) is 6.54 Å². The van der Waals surface area contributed by atoms with Gasteiger partial charge in [0.1, 0.15) is 0 Å². The van der Waals surface area contributed by atoms with Crippen LogP contribution in [0.1, 0.15) is 33.9 Å². The number of hydrogen-bond donors (Lipinski definition) is 1. The minimum absolute atomic E-state index is 0.188. The van der Waals surface area contributed by atoms with Gasteiger partial charge in [-0.3, -0.25) is 4.79 Å². The molecule has 1 heterocycles. The van der Waals surface area contributed by atoms with E-state index < -0.39 is 6.04 Å². The van der Waals surface area contributed by atoms with Gasteiger partial charge in [0.15, 0.2) is 0 Å². The average Bonchev–Trinajstić information content (AvgIpc) is 2.84. The number of pyridine rings is 1. The molecule has 0 aliphatic heterocycles. The molecule has 1 atom stereocenters. The van der Waals surface area contributed by atoms with Crippen LogP contribution in [-0.4, -0.2) is 29.9 Å². The Morgan fingerprint density at radius 3 is 2.27 bits per heavy atom. The van der Waals surface area contributed by atoms with E-state index in [0.29, 0.717) is 12.1 Å². The topological polar surface area (TPSA) is 69.0 Å². The summed E-state index contributed by atoms with van der Waals surface area (Å²) in [6.07, 6.45) is 0.188. The first-order valence-corrected chi connectivity index (χ1v) is 10.9. The third kappa shape index (κ3) is 4.92. The molecule has 0 fully saturated rings. The van der Waals surface area contributed by atoms with Crippen molar-refractivity contribution in [2.24, 2.45) is 0 Å². The normalized spacial score (nSPS) is 11.8. The number of nitrogens with one attached hydrogen (secondary N) is 1. The second kappa shape index (κ2) is 10.1. The predicted octanol–water partition coefficient (Wildman–Crippen LogP) is 5.35. The first-order chi connectivity index (χ1) is 16.1. The number of carbonyl (C=O) groups is 1. The Labute approximate surface area is 194 Å². The molecule has 1 N–H and O–H groups in total. The standard InChI is InChI=1S/C28H26N4O/c1-32(2)19-23-26(28(33)31-24(17-18-29)20-11-5-3-6-12-20)22-15-9-10-16-25(22)30-27(23)21-13-7-4-8-14-21/h3-16,24H,17,19H2,1-2H3,(H,31,33). The quantitative estimate of drug-likeness (QED) is 0.426. The third-order valence-corrected chi connectivity index (χ3v) is 5.54. The molecule has 4 rings (SSSR count). The van der Waals surface area contributed by atoms with Crippen LogP contribution in [0.4, 0.5) is 0 Å². The molecule has 4 aromatic rings. The number of hydrogen-bond acceptors (Lipinski definition) is 4. The Bertz CT molecular complexity index is 1290. The molecule has 0 saturated heterocycles. The molecule has 0 aliphatic rings. The van der Waals surface area contributed by atoms with E-state index in [1.807, 2.05) is 104 Å². The zero-order valence-electron chi connectivity index (χ0n) is 18.8. The number of benzene rings is 3. The van der Waals surface area contributed by atoms with E-state index in [4.69, 9.17) is 4.98 Å². The lowest BCUT2D eigenvalue weighted by molar-refractivity contribution is 0.0937. The Morgan fingerprint density at radius 1 is 0.970 bits per heavy atom. The maximum Gasteiger partial charge on any atom is 0.252 e. The minimum atomic E-state index is -0.400. The van der Waals surface area contributed by atoms with Gasteiger partial charge in [-0.2, -0.15) is 5.26 Å². The van der Waals surface area contributed by atoms with Crippen LogP contribution in [0.5, 0.6) is 0 Å². The molecule has 0 aliphatic carbocycles. The van der Waals surface area contributed by atoms with Gasteiger partial charge in [-0.15, -0.1) is 0 Å².